The molecule has 3 rings (SSSR count). The lowest BCUT2D eigenvalue weighted by molar-refractivity contribution is 0.476. The van der Waals surface area contributed by atoms with Gasteiger partial charge in [-0.25, -0.2) is 0 Å². The Morgan fingerprint density at radius 1 is 1.30 bits per heavy atom. The van der Waals surface area contributed by atoms with Crippen LogP contribution >= 0.6 is 0 Å². The van der Waals surface area contributed by atoms with Gasteiger partial charge in [-0.05, 0) is 31.7 Å². The van der Waals surface area contributed by atoms with Gasteiger partial charge < -0.3 is 15.1 Å². The molecule has 1 aliphatic carbocycles. The van der Waals surface area contributed by atoms with Crippen molar-refractivity contribution in [2.75, 3.05) is 11.9 Å². The van der Waals surface area contributed by atoms with Crippen molar-refractivity contribution in [1.29, 1.82) is 0 Å². The third-order valence-electron chi connectivity index (χ3n) is 3.36. The summed E-state index contributed by atoms with van der Waals surface area (Å²) in [5.41, 5.74) is 2.60. The van der Waals surface area contributed by atoms with Crippen LogP contribution in [0, 0.1) is 6.92 Å². The van der Waals surface area contributed by atoms with E-state index in [1.165, 1.54) is 24.0 Å². The van der Waals surface area contributed by atoms with Gasteiger partial charge in [0.05, 0.1) is 6.54 Å². The average Bonchev–Trinajstić information content (AvgIpc) is 3.16. The Labute approximate surface area is 118 Å². The third-order valence-corrected chi connectivity index (χ3v) is 3.36. The van der Waals surface area contributed by atoms with Crippen LogP contribution in [0.15, 0.2) is 28.7 Å². The summed E-state index contributed by atoms with van der Waals surface area (Å²) in [6.07, 6.45) is 3.46. The van der Waals surface area contributed by atoms with Gasteiger partial charge in [0.15, 0.2) is 0 Å². The summed E-state index contributed by atoms with van der Waals surface area (Å²) in [7, 11) is 0. The van der Waals surface area contributed by atoms with E-state index < -0.39 is 0 Å². The van der Waals surface area contributed by atoms with Crippen molar-refractivity contribution in [3.8, 4) is 0 Å². The van der Waals surface area contributed by atoms with Gasteiger partial charge in [-0.15, -0.1) is 5.10 Å². The van der Waals surface area contributed by atoms with Crippen molar-refractivity contribution < 1.29 is 4.42 Å². The highest BCUT2D eigenvalue weighted by atomic mass is 16.4. The fraction of sp³-hybridized carbons (Fsp3) is 0.467. The predicted molar refractivity (Wildman–Crippen MR) is 77.5 cm³/mol. The molecular weight excluding hydrogens is 252 g/mol. The van der Waals surface area contributed by atoms with Gasteiger partial charge in [0.25, 0.3) is 0 Å². The SMILES string of the molecule is Cc1cccc(CCNc2nnc(CNC3CC3)o2)c1. The Morgan fingerprint density at radius 2 is 2.20 bits per heavy atom. The van der Waals surface area contributed by atoms with Gasteiger partial charge in [-0.2, -0.15) is 0 Å². The molecule has 0 spiro atoms. The summed E-state index contributed by atoms with van der Waals surface area (Å²) in [6, 6.07) is 9.67. The zero-order valence-electron chi connectivity index (χ0n) is 11.7. The molecule has 5 nitrogen and oxygen atoms in total. The highest BCUT2D eigenvalue weighted by molar-refractivity contribution is 5.24. The Hall–Kier alpha value is -1.88. The molecule has 5 heteroatoms. The number of benzene rings is 1. The van der Waals surface area contributed by atoms with Crippen LogP contribution < -0.4 is 10.6 Å². The van der Waals surface area contributed by atoms with Crippen LogP contribution in [0.4, 0.5) is 6.01 Å². The Balaban J connectivity index is 1.43. The van der Waals surface area contributed by atoms with Gasteiger partial charge in [-0.3, -0.25) is 0 Å². The maximum absolute atomic E-state index is 5.53. The number of nitrogens with one attached hydrogen (secondary N) is 2. The molecule has 0 bridgehead atoms. The second kappa shape index (κ2) is 6.05. The molecule has 1 fully saturated rings. The zero-order valence-corrected chi connectivity index (χ0v) is 11.7. The van der Waals surface area contributed by atoms with Crippen LogP contribution in [0.1, 0.15) is 29.9 Å². The molecule has 0 aliphatic heterocycles. The van der Waals surface area contributed by atoms with E-state index in [9.17, 15) is 0 Å². The largest absolute Gasteiger partial charge is 0.407 e. The molecule has 106 valence electrons. The molecule has 1 aromatic carbocycles. The van der Waals surface area contributed by atoms with E-state index in [0.717, 1.165) is 13.0 Å². The fourth-order valence-electron chi connectivity index (χ4n) is 2.10. The van der Waals surface area contributed by atoms with Crippen molar-refractivity contribution in [1.82, 2.24) is 15.5 Å². The number of hydrogen-bond donors (Lipinski definition) is 2. The van der Waals surface area contributed by atoms with E-state index in [1.807, 2.05) is 0 Å². The third kappa shape index (κ3) is 3.81. The molecule has 20 heavy (non-hydrogen) atoms. The minimum Gasteiger partial charge on any atom is -0.407 e. The summed E-state index contributed by atoms with van der Waals surface area (Å²) in [6.45, 7) is 3.56. The average molecular weight is 272 g/mol. The Morgan fingerprint density at radius 3 is 3.00 bits per heavy atom. The molecule has 1 saturated carbocycles. The molecular formula is C15H20N4O. The minimum atomic E-state index is 0.505. The summed E-state index contributed by atoms with van der Waals surface area (Å²) < 4.78 is 5.53. The van der Waals surface area contributed by atoms with Crippen LogP contribution in [0.2, 0.25) is 0 Å². The van der Waals surface area contributed by atoms with Crippen LogP contribution in [0.3, 0.4) is 0 Å². The van der Waals surface area contributed by atoms with E-state index in [0.29, 0.717) is 24.5 Å². The standard InChI is InChI=1S/C15H20N4O/c1-11-3-2-4-12(9-11)7-8-16-15-19-18-14(20-15)10-17-13-5-6-13/h2-4,9,13,17H,5-8,10H2,1H3,(H,16,19). The monoisotopic (exact) mass is 272 g/mol. The lowest BCUT2D eigenvalue weighted by Gasteiger charge is -2.03. The second-order valence-electron chi connectivity index (χ2n) is 5.32. The van der Waals surface area contributed by atoms with Crippen molar-refractivity contribution in [2.45, 2.75) is 38.8 Å². The van der Waals surface area contributed by atoms with E-state index in [2.05, 4.69) is 52.0 Å². The van der Waals surface area contributed by atoms with Gasteiger partial charge in [0.2, 0.25) is 5.89 Å². The predicted octanol–water partition coefficient (Wildman–Crippen LogP) is 2.28. The zero-order chi connectivity index (χ0) is 13.8. The lowest BCUT2D eigenvalue weighted by atomic mass is 10.1. The first kappa shape index (κ1) is 13.1. The van der Waals surface area contributed by atoms with Crippen molar-refractivity contribution in [2.24, 2.45) is 0 Å². The normalized spacial score (nSPS) is 14.4. The summed E-state index contributed by atoms with van der Waals surface area (Å²) in [5, 5.41) is 14.5. The summed E-state index contributed by atoms with van der Waals surface area (Å²) in [4.78, 5) is 0. The number of anilines is 1. The number of rotatable bonds is 7. The van der Waals surface area contributed by atoms with E-state index in [1.54, 1.807) is 0 Å². The quantitative estimate of drug-likeness (QED) is 0.809. The first-order valence-electron chi connectivity index (χ1n) is 7.15. The number of aromatic nitrogens is 2. The van der Waals surface area contributed by atoms with Crippen LogP contribution in [0.25, 0.3) is 0 Å². The van der Waals surface area contributed by atoms with Crippen molar-refractivity contribution in [3.63, 3.8) is 0 Å². The Kier molecular flexibility index (Phi) is 3.97. The molecule has 0 saturated heterocycles. The highest BCUT2D eigenvalue weighted by Gasteiger charge is 2.21. The minimum absolute atomic E-state index is 0.505. The molecule has 0 atom stereocenters. The maximum Gasteiger partial charge on any atom is 0.315 e. The molecule has 1 aliphatic rings. The van der Waals surface area contributed by atoms with Crippen LogP contribution in [-0.4, -0.2) is 22.8 Å². The lowest BCUT2D eigenvalue weighted by Crippen LogP contribution is -2.15. The number of aryl methyl sites for hydroxylation is 1. The van der Waals surface area contributed by atoms with Gasteiger partial charge >= 0.3 is 6.01 Å². The maximum atomic E-state index is 5.53. The van der Waals surface area contributed by atoms with Gasteiger partial charge in [0.1, 0.15) is 0 Å². The molecule has 2 aromatic rings. The molecule has 1 heterocycles. The van der Waals surface area contributed by atoms with E-state index >= 15 is 0 Å². The summed E-state index contributed by atoms with van der Waals surface area (Å²) in [5.74, 6) is 0.648. The first-order valence-corrected chi connectivity index (χ1v) is 7.15. The Bertz CT molecular complexity index is 563. The van der Waals surface area contributed by atoms with Gasteiger partial charge in [-0.1, -0.05) is 34.9 Å². The summed E-state index contributed by atoms with van der Waals surface area (Å²) >= 11 is 0. The van der Waals surface area contributed by atoms with Gasteiger partial charge in [0, 0.05) is 12.6 Å². The molecule has 2 N–H and O–H groups in total. The van der Waals surface area contributed by atoms with Crippen molar-refractivity contribution in [3.05, 3.63) is 41.3 Å². The van der Waals surface area contributed by atoms with Crippen LogP contribution in [0.5, 0.6) is 0 Å². The second-order valence-corrected chi connectivity index (χ2v) is 5.32. The smallest absolute Gasteiger partial charge is 0.315 e. The molecule has 0 unspecified atom stereocenters. The van der Waals surface area contributed by atoms with Crippen LogP contribution in [-0.2, 0) is 13.0 Å². The molecule has 0 radical (unpaired) electrons. The molecule has 1 aromatic heterocycles. The highest BCUT2D eigenvalue weighted by Crippen LogP contribution is 2.19. The van der Waals surface area contributed by atoms with E-state index in [4.69, 9.17) is 4.42 Å². The number of hydrogen-bond acceptors (Lipinski definition) is 5. The fourth-order valence-corrected chi connectivity index (χ4v) is 2.10. The van der Waals surface area contributed by atoms with E-state index in [-0.39, 0.29) is 0 Å². The molecule has 0 amide bonds. The first-order chi connectivity index (χ1) is 9.79. The topological polar surface area (TPSA) is 63.0 Å². The number of nitrogens with zero attached hydrogens (tertiary/aromatic N) is 2. The van der Waals surface area contributed by atoms with Crippen molar-refractivity contribution >= 4 is 6.01 Å².